The van der Waals surface area contributed by atoms with E-state index in [9.17, 15) is 14.4 Å². The number of halogens is 1. The smallest absolute Gasteiger partial charge is 0.341 e. The van der Waals surface area contributed by atoms with Crippen LogP contribution in [0.2, 0.25) is 0 Å². The molecule has 0 saturated carbocycles. The van der Waals surface area contributed by atoms with Crippen LogP contribution in [-0.4, -0.2) is 30.6 Å². The van der Waals surface area contributed by atoms with Gasteiger partial charge in [0.1, 0.15) is 5.00 Å². The van der Waals surface area contributed by atoms with Gasteiger partial charge < -0.3 is 10.1 Å². The Bertz CT molecular complexity index is 1000. The first kappa shape index (κ1) is 22.2. The fraction of sp³-hybridized carbons (Fsp3) is 0.333. The number of hydrogen-bond acceptors (Lipinski definition) is 6. The molecule has 0 spiro atoms. The summed E-state index contributed by atoms with van der Waals surface area (Å²) in [6, 6.07) is 7.34. The van der Waals surface area contributed by atoms with Crippen LogP contribution in [0.3, 0.4) is 0 Å². The Balaban J connectivity index is 1.73. The van der Waals surface area contributed by atoms with Crippen molar-refractivity contribution in [3.8, 4) is 0 Å². The highest BCUT2D eigenvalue weighted by Gasteiger charge is 2.30. The average molecular weight is 492 g/mol. The number of thiophene rings is 1. The number of ether oxygens (including phenoxy) is 1. The monoisotopic (exact) mass is 491 g/mol. The van der Waals surface area contributed by atoms with Crippen LogP contribution < -0.4 is 10.7 Å². The maximum atomic E-state index is 12.5. The second-order valence-corrected chi connectivity index (χ2v) is 8.91. The van der Waals surface area contributed by atoms with E-state index in [0.717, 1.165) is 39.7 Å². The normalized spacial score (nSPS) is 15.5. The summed E-state index contributed by atoms with van der Waals surface area (Å²) in [5.41, 5.74) is 4.24. The van der Waals surface area contributed by atoms with Crippen LogP contribution in [0.1, 0.15) is 46.6 Å². The molecule has 1 aromatic carbocycles. The average Bonchev–Trinajstić information content (AvgIpc) is 3.06. The predicted octanol–water partition coefficient (Wildman–Crippen LogP) is 3.90. The molecule has 0 saturated heterocycles. The van der Waals surface area contributed by atoms with E-state index in [1.54, 1.807) is 6.92 Å². The molecule has 3 rings (SSSR count). The molecular formula is C21H22BrN3O4S. The van der Waals surface area contributed by atoms with Gasteiger partial charge in [0.2, 0.25) is 0 Å². The molecule has 2 amide bonds. The summed E-state index contributed by atoms with van der Waals surface area (Å²) in [5.74, 6) is -1.79. The van der Waals surface area contributed by atoms with E-state index in [4.69, 9.17) is 4.74 Å². The Morgan fingerprint density at radius 3 is 2.80 bits per heavy atom. The van der Waals surface area contributed by atoms with Crippen molar-refractivity contribution in [2.45, 2.75) is 33.1 Å². The quantitative estimate of drug-likeness (QED) is 0.286. The van der Waals surface area contributed by atoms with Crippen molar-refractivity contribution < 1.29 is 19.1 Å². The standard InChI is InChI=1S/C21H22BrN3O4S/c1-3-29-21(28)17-14-9-8-12(2)10-16(14)30-20(17)24-18(26)19(27)25-23-11-13-6-4-5-7-15(13)22/h4-7,11-12H,3,8-10H2,1-2H3,(H,24,26)(H,25,27)/b23-11+. The molecule has 158 valence electrons. The van der Waals surface area contributed by atoms with Crippen molar-refractivity contribution in [2.24, 2.45) is 11.0 Å². The number of esters is 1. The lowest BCUT2D eigenvalue weighted by molar-refractivity contribution is -0.136. The molecule has 1 aliphatic carbocycles. The molecule has 1 unspecified atom stereocenters. The van der Waals surface area contributed by atoms with Crippen LogP contribution in [0.5, 0.6) is 0 Å². The molecule has 1 atom stereocenters. The number of anilines is 1. The van der Waals surface area contributed by atoms with Crippen LogP contribution in [0.15, 0.2) is 33.8 Å². The molecule has 30 heavy (non-hydrogen) atoms. The highest BCUT2D eigenvalue weighted by atomic mass is 79.9. The molecule has 9 heteroatoms. The number of amides is 2. The minimum absolute atomic E-state index is 0.234. The molecular weight excluding hydrogens is 470 g/mol. The van der Waals surface area contributed by atoms with Gasteiger partial charge >= 0.3 is 17.8 Å². The van der Waals surface area contributed by atoms with Crippen LogP contribution in [0, 0.1) is 5.92 Å². The van der Waals surface area contributed by atoms with E-state index in [0.29, 0.717) is 16.5 Å². The number of hydrogen-bond donors (Lipinski definition) is 2. The molecule has 7 nitrogen and oxygen atoms in total. The Morgan fingerprint density at radius 1 is 1.30 bits per heavy atom. The van der Waals surface area contributed by atoms with Crippen LogP contribution >= 0.6 is 27.3 Å². The molecule has 2 aromatic rings. The van der Waals surface area contributed by atoms with Gasteiger partial charge in [-0.2, -0.15) is 5.10 Å². The zero-order valence-corrected chi connectivity index (χ0v) is 19.1. The second kappa shape index (κ2) is 9.99. The topological polar surface area (TPSA) is 96.9 Å². The summed E-state index contributed by atoms with van der Waals surface area (Å²) in [6.07, 6.45) is 3.99. The summed E-state index contributed by atoms with van der Waals surface area (Å²) < 4.78 is 5.99. The highest BCUT2D eigenvalue weighted by Crippen LogP contribution is 2.40. The van der Waals surface area contributed by atoms with Crippen molar-refractivity contribution in [1.29, 1.82) is 0 Å². The fourth-order valence-electron chi connectivity index (χ4n) is 3.21. The zero-order chi connectivity index (χ0) is 21.7. The minimum Gasteiger partial charge on any atom is -0.462 e. The highest BCUT2D eigenvalue weighted by molar-refractivity contribution is 9.10. The number of nitrogens with zero attached hydrogens (tertiary/aromatic N) is 1. The summed E-state index contributed by atoms with van der Waals surface area (Å²) in [4.78, 5) is 38.1. The molecule has 2 N–H and O–H groups in total. The Kier molecular flexibility index (Phi) is 7.38. The van der Waals surface area contributed by atoms with Crippen molar-refractivity contribution in [3.63, 3.8) is 0 Å². The Morgan fingerprint density at radius 2 is 2.07 bits per heavy atom. The SMILES string of the molecule is CCOC(=O)c1c(NC(=O)C(=O)N/N=C/c2ccccc2Br)sc2c1CCC(C)C2. The van der Waals surface area contributed by atoms with Crippen LogP contribution in [0.4, 0.5) is 5.00 Å². The number of carbonyl (C=O) groups is 3. The predicted molar refractivity (Wildman–Crippen MR) is 120 cm³/mol. The molecule has 0 aliphatic heterocycles. The first-order valence-corrected chi connectivity index (χ1v) is 11.2. The van der Waals surface area contributed by atoms with E-state index in [1.165, 1.54) is 17.6 Å². The maximum Gasteiger partial charge on any atom is 0.341 e. The van der Waals surface area contributed by atoms with E-state index in [2.05, 4.69) is 38.7 Å². The van der Waals surface area contributed by atoms with E-state index >= 15 is 0 Å². The third-order valence-electron chi connectivity index (χ3n) is 4.70. The van der Waals surface area contributed by atoms with E-state index < -0.39 is 17.8 Å². The number of hydrazone groups is 1. The van der Waals surface area contributed by atoms with Crippen molar-refractivity contribution in [3.05, 3.63) is 50.3 Å². The number of benzene rings is 1. The van der Waals surface area contributed by atoms with Gasteiger partial charge in [-0.15, -0.1) is 11.3 Å². The molecule has 1 aliphatic rings. The van der Waals surface area contributed by atoms with Crippen LogP contribution in [0.25, 0.3) is 0 Å². The molecule has 1 heterocycles. The lowest BCUT2D eigenvalue weighted by Gasteiger charge is -2.18. The number of rotatable bonds is 5. The minimum atomic E-state index is -0.923. The lowest BCUT2D eigenvalue weighted by atomic mass is 9.88. The summed E-state index contributed by atoms with van der Waals surface area (Å²) in [6.45, 7) is 4.12. The van der Waals surface area contributed by atoms with Gasteiger partial charge in [-0.1, -0.05) is 41.1 Å². The first-order chi connectivity index (χ1) is 14.4. The largest absolute Gasteiger partial charge is 0.462 e. The van der Waals surface area contributed by atoms with Gasteiger partial charge in [-0.05, 0) is 43.7 Å². The van der Waals surface area contributed by atoms with Gasteiger partial charge in [-0.25, -0.2) is 10.2 Å². The number of carbonyl (C=O) groups excluding carboxylic acids is 3. The maximum absolute atomic E-state index is 12.5. The van der Waals surface area contributed by atoms with E-state index in [-0.39, 0.29) is 6.61 Å². The van der Waals surface area contributed by atoms with Crippen molar-refractivity contribution >= 4 is 56.3 Å². The molecule has 0 fully saturated rings. The molecule has 0 radical (unpaired) electrons. The second-order valence-electron chi connectivity index (χ2n) is 6.95. The molecule has 0 bridgehead atoms. The van der Waals surface area contributed by atoms with Crippen molar-refractivity contribution in [1.82, 2.24) is 5.43 Å². The zero-order valence-electron chi connectivity index (χ0n) is 16.7. The summed E-state index contributed by atoms with van der Waals surface area (Å²) >= 11 is 4.71. The van der Waals surface area contributed by atoms with Crippen LogP contribution in [-0.2, 0) is 27.2 Å². The van der Waals surface area contributed by atoms with Crippen molar-refractivity contribution in [2.75, 3.05) is 11.9 Å². The molecule has 1 aromatic heterocycles. The number of nitrogens with one attached hydrogen (secondary N) is 2. The fourth-order valence-corrected chi connectivity index (χ4v) is 4.99. The summed E-state index contributed by atoms with van der Waals surface area (Å²) in [7, 11) is 0. The van der Waals surface area contributed by atoms with Gasteiger partial charge in [-0.3, -0.25) is 9.59 Å². The first-order valence-electron chi connectivity index (χ1n) is 9.61. The van der Waals surface area contributed by atoms with E-state index in [1.807, 2.05) is 24.3 Å². The number of fused-ring (bicyclic) bond motifs is 1. The Hall–Kier alpha value is -2.52. The third-order valence-corrected chi connectivity index (χ3v) is 6.59. The Labute approximate surface area is 187 Å². The lowest BCUT2D eigenvalue weighted by Crippen LogP contribution is -2.32. The van der Waals surface area contributed by atoms with Gasteiger partial charge in [0, 0.05) is 14.9 Å². The van der Waals surface area contributed by atoms with Gasteiger partial charge in [0.25, 0.3) is 0 Å². The third kappa shape index (κ3) is 5.14. The van der Waals surface area contributed by atoms with Gasteiger partial charge in [0.05, 0.1) is 18.4 Å². The summed E-state index contributed by atoms with van der Waals surface area (Å²) in [5, 5.41) is 6.74. The van der Waals surface area contributed by atoms with Gasteiger partial charge in [0.15, 0.2) is 0 Å².